The number of nitrogens with zero attached hydrogens (tertiary/aromatic N) is 2. The van der Waals surface area contributed by atoms with E-state index in [9.17, 15) is 16.8 Å². The number of primary sulfonamides is 1. The Morgan fingerprint density at radius 3 is 1.61 bits per heavy atom. The largest absolute Gasteiger partial charge is 0.377 e. The van der Waals surface area contributed by atoms with Gasteiger partial charge in [0.05, 0.1) is 9.79 Å². The van der Waals surface area contributed by atoms with Crippen LogP contribution in [0.25, 0.3) is 21.5 Å². The van der Waals surface area contributed by atoms with Gasteiger partial charge in [-0.3, -0.25) is 0 Å². The number of sulfonamides is 1. The molecule has 0 fully saturated rings. The molecular formula is C24H25N3O4S2. The molecule has 0 heterocycles. The number of sulfone groups is 1. The molecule has 0 aliphatic carbocycles. The second-order valence-electron chi connectivity index (χ2n) is 8.23. The van der Waals surface area contributed by atoms with Crippen molar-refractivity contribution >= 4 is 52.8 Å². The predicted octanol–water partition coefficient (Wildman–Crippen LogP) is 3.61. The Kier molecular flexibility index (Phi) is 5.60. The van der Waals surface area contributed by atoms with Gasteiger partial charge in [0, 0.05) is 61.1 Å². The highest BCUT2D eigenvalue weighted by Gasteiger charge is 2.30. The molecule has 0 aromatic heterocycles. The van der Waals surface area contributed by atoms with Crippen LogP contribution in [-0.4, -0.2) is 45.0 Å². The summed E-state index contributed by atoms with van der Waals surface area (Å²) in [5, 5.41) is 7.70. The van der Waals surface area contributed by atoms with Crippen LogP contribution in [0.5, 0.6) is 0 Å². The van der Waals surface area contributed by atoms with Gasteiger partial charge in [0.1, 0.15) is 4.90 Å². The summed E-state index contributed by atoms with van der Waals surface area (Å²) in [4.78, 5) is 3.02. The molecule has 0 radical (unpaired) electrons. The van der Waals surface area contributed by atoms with Gasteiger partial charge in [-0.1, -0.05) is 42.5 Å². The van der Waals surface area contributed by atoms with Gasteiger partial charge in [0.2, 0.25) is 19.9 Å². The summed E-state index contributed by atoms with van der Waals surface area (Å²) >= 11 is 0. The lowest BCUT2D eigenvalue weighted by atomic mass is 10.1. The Labute approximate surface area is 194 Å². The average Bonchev–Trinajstić information content (AvgIpc) is 2.75. The number of hydrogen-bond donors (Lipinski definition) is 1. The van der Waals surface area contributed by atoms with E-state index in [2.05, 4.69) is 0 Å². The fraction of sp³-hybridized carbons (Fsp3) is 0.167. The van der Waals surface area contributed by atoms with E-state index in [1.54, 1.807) is 36.4 Å². The van der Waals surface area contributed by atoms with Gasteiger partial charge in [-0.25, -0.2) is 22.0 Å². The van der Waals surface area contributed by atoms with Crippen LogP contribution < -0.4 is 14.9 Å². The van der Waals surface area contributed by atoms with Gasteiger partial charge >= 0.3 is 0 Å². The van der Waals surface area contributed by atoms with Crippen LogP contribution in [0.1, 0.15) is 0 Å². The number of rotatable bonds is 5. The second-order valence-corrected chi connectivity index (χ2v) is 11.6. The van der Waals surface area contributed by atoms with Crippen molar-refractivity contribution in [2.24, 2.45) is 5.14 Å². The molecule has 172 valence electrons. The van der Waals surface area contributed by atoms with Gasteiger partial charge in [-0.2, -0.15) is 0 Å². The van der Waals surface area contributed by atoms with Crippen LogP contribution in [0.2, 0.25) is 0 Å². The van der Waals surface area contributed by atoms with Gasteiger partial charge in [-0.15, -0.1) is 0 Å². The Balaban J connectivity index is 2.11. The first-order valence-electron chi connectivity index (χ1n) is 10.1. The van der Waals surface area contributed by atoms with Gasteiger partial charge in [-0.05, 0) is 24.3 Å². The van der Waals surface area contributed by atoms with E-state index in [1.165, 1.54) is 12.1 Å². The Bertz CT molecular complexity index is 1610. The maximum atomic E-state index is 13.9. The highest BCUT2D eigenvalue weighted by atomic mass is 32.2. The number of benzene rings is 4. The Hall–Kier alpha value is -3.14. The van der Waals surface area contributed by atoms with Crippen molar-refractivity contribution in [1.82, 2.24) is 0 Å². The van der Waals surface area contributed by atoms with E-state index in [0.29, 0.717) is 10.8 Å². The maximum Gasteiger partial charge on any atom is 0.239 e. The molecule has 7 nitrogen and oxygen atoms in total. The van der Waals surface area contributed by atoms with Crippen LogP contribution in [0.4, 0.5) is 11.4 Å². The molecule has 4 aromatic rings. The minimum absolute atomic E-state index is 0.0247. The monoisotopic (exact) mass is 483 g/mol. The van der Waals surface area contributed by atoms with Gasteiger partial charge in [0.15, 0.2) is 0 Å². The molecule has 0 saturated carbocycles. The van der Waals surface area contributed by atoms with Crippen molar-refractivity contribution in [2.75, 3.05) is 38.0 Å². The lowest BCUT2D eigenvalue weighted by Crippen LogP contribution is -2.18. The third-order valence-electron chi connectivity index (χ3n) is 5.64. The first-order valence-corrected chi connectivity index (χ1v) is 13.2. The summed E-state index contributed by atoms with van der Waals surface area (Å²) in [5.41, 5.74) is 1.60. The molecule has 33 heavy (non-hydrogen) atoms. The van der Waals surface area contributed by atoms with E-state index < -0.39 is 24.8 Å². The summed E-state index contributed by atoms with van der Waals surface area (Å²) in [6.45, 7) is 0. The maximum absolute atomic E-state index is 13.9. The van der Waals surface area contributed by atoms with E-state index in [-0.39, 0.29) is 15.2 Å². The van der Waals surface area contributed by atoms with Crippen LogP contribution in [-0.2, 0) is 19.9 Å². The lowest BCUT2D eigenvalue weighted by molar-refractivity contribution is 0.585. The highest BCUT2D eigenvalue weighted by molar-refractivity contribution is 7.94. The summed E-state index contributed by atoms with van der Waals surface area (Å²) < 4.78 is 53.3. The number of hydrogen-bond acceptors (Lipinski definition) is 6. The van der Waals surface area contributed by atoms with Gasteiger partial charge in [0.25, 0.3) is 0 Å². The average molecular weight is 484 g/mol. The smallest absolute Gasteiger partial charge is 0.239 e. The van der Waals surface area contributed by atoms with Gasteiger partial charge < -0.3 is 9.80 Å². The summed E-state index contributed by atoms with van der Waals surface area (Å²) in [6.07, 6.45) is 0. The minimum Gasteiger partial charge on any atom is -0.377 e. The fourth-order valence-corrected chi connectivity index (χ4v) is 7.27. The highest BCUT2D eigenvalue weighted by Crippen LogP contribution is 2.38. The number of fused-ring (bicyclic) bond motifs is 2. The number of nitrogens with two attached hydrogens (primary N) is 1. The van der Waals surface area contributed by atoms with E-state index in [0.717, 1.165) is 16.8 Å². The van der Waals surface area contributed by atoms with Crippen LogP contribution in [0.3, 0.4) is 0 Å². The number of anilines is 2. The summed E-state index contributed by atoms with van der Waals surface area (Å²) in [5.74, 6) is 0. The fourth-order valence-electron chi connectivity index (χ4n) is 4.20. The first kappa shape index (κ1) is 23.0. The molecule has 0 aliphatic heterocycles. The van der Waals surface area contributed by atoms with Crippen molar-refractivity contribution in [3.8, 4) is 0 Å². The first-order chi connectivity index (χ1) is 15.4. The molecule has 0 unspecified atom stereocenters. The minimum atomic E-state index is -4.37. The van der Waals surface area contributed by atoms with Crippen molar-refractivity contribution in [2.45, 2.75) is 14.7 Å². The molecule has 9 heteroatoms. The molecule has 0 atom stereocenters. The van der Waals surface area contributed by atoms with E-state index >= 15 is 0 Å². The lowest BCUT2D eigenvalue weighted by Gasteiger charge is -2.19. The summed E-state index contributed by atoms with van der Waals surface area (Å²) in [6, 6.07) is 18.4. The molecule has 0 saturated heterocycles. The zero-order valence-electron chi connectivity index (χ0n) is 18.8. The normalized spacial score (nSPS) is 12.3. The van der Waals surface area contributed by atoms with Crippen LogP contribution in [0.15, 0.2) is 81.4 Å². The SMILES string of the molecule is CN(C)c1cccc2c(S(=O)(=O)c3ccc4c(N(C)C)cccc4c3S(N)(=O)=O)cccc12. The molecule has 4 aromatic carbocycles. The van der Waals surface area contributed by atoms with Crippen LogP contribution >= 0.6 is 0 Å². The molecule has 0 bridgehead atoms. The standard InChI is InChI=1S/C24H25N3O4S2/c1-26(2)20-11-5-9-18-16(20)8-7-13-22(18)32(28,29)23-15-14-17-19(24(23)33(25,30)31)10-6-12-21(17)27(3)4/h5-15H,1-4H3,(H2,25,30,31). The third-order valence-corrected chi connectivity index (χ3v) is 8.63. The van der Waals surface area contributed by atoms with Crippen molar-refractivity contribution in [3.05, 3.63) is 66.7 Å². The molecule has 0 aliphatic rings. The predicted molar refractivity (Wildman–Crippen MR) is 133 cm³/mol. The second kappa shape index (κ2) is 8.02. The quantitative estimate of drug-likeness (QED) is 0.465. The zero-order chi connectivity index (χ0) is 24.1. The van der Waals surface area contributed by atoms with Crippen molar-refractivity contribution in [1.29, 1.82) is 0 Å². The molecule has 0 spiro atoms. The van der Waals surface area contributed by atoms with E-state index in [4.69, 9.17) is 5.14 Å². The molecule has 4 rings (SSSR count). The van der Waals surface area contributed by atoms with Crippen molar-refractivity contribution < 1.29 is 16.8 Å². The molecular weight excluding hydrogens is 458 g/mol. The Morgan fingerprint density at radius 2 is 1.06 bits per heavy atom. The van der Waals surface area contributed by atoms with E-state index in [1.807, 2.05) is 56.2 Å². The van der Waals surface area contributed by atoms with Crippen LogP contribution in [0, 0.1) is 0 Å². The Morgan fingerprint density at radius 1 is 0.576 bits per heavy atom. The summed E-state index contributed by atoms with van der Waals surface area (Å²) in [7, 11) is -1.21. The third kappa shape index (κ3) is 3.82. The topological polar surface area (TPSA) is 101 Å². The zero-order valence-corrected chi connectivity index (χ0v) is 20.4. The molecule has 2 N–H and O–H groups in total. The van der Waals surface area contributed by atoms with Crippen molar-refractivity contribution in [3.63, 3.8) is 0 Å². The molecule has 0 amide bonds.